The van der Waals surface area contributed by atoms with Crippen LogP contribution in [0, 0.1) is 0 Å². The second-order valence-electron chi connectivity index (χ2n) is 6.42. The molecule has 1 aromatic carbocycles. The van der Waals surface area contributed by atoms with Gasteiger partial charge in [0.2, 0.25) is 5.88 Å². The quantitative estimate of drug-likeness (QED) is 0.552. The number of rotatable bonds is 5. The Hall–Kier alpha value is -2.32. The van der Waals surface area contributed by atoms with Gasteiger partial charge >= 0.3 is 0 Å². The zero-order valence-corrected chi connectivity index (χ0v) is 17.7. The summed E-state index contributed by atoms with van der Waals surface area (Å²) >= 11 is 4.86. The number of benzene rings is 1. The average Bonchev–Trinajstić information content (AvgIpc) is 3.38. The van der Waals surface area contributed by atoms with Crippen LogP contribution < -0.4 is 4.74 Å². The van der Waals surface area contributed by atoms with Gasteiger partial charge in [0.25, 0.3) is 5.91 Å². The number of carbonyl (C=O) groups is 1. The van der Waals surface area contributed by atoms with E-state index >= 15 is 0 Å². The van der Waals surface area contributed by atoms with E-state index in [1.165, 1.54) is 11.3 Å². The summed E-state index contributed by atoms with van der Waals surface area (Å²) in [6.45, 7) is 3.17. The van der Waals surface area contributed by atoms with E-state index in [1.54, 1.807) is 18.6 Å². The molecule has 0 N–H and O–H groups in total. The number of thiazole rings is 1. The Labute approximate surface area is 175 Å². The zero-order chi connectivity index (χ0) is 19.5. The van der Waals surface area contributed by atoms with E-state index in [4.69, 9.17) is 4.74 Å². The molecule has 4 rings (SSSR count). The molecule has 0 aliphatic carbocycles. The van der Waals surface area contributed by atoms with Crippen molar-refractivity contribution in [3.05, 3.63) is 57.8 Å². The topological polar surface area (TPSA) is 68.2 Å². The molecule has 0 bridgehead atoms. The lowest BCUT2D eigenvalue weighted by molar-refractivity contribution is 0.0740. The first kappa shape index (κ1) is 19.0. The van der Waals surface area contributed by atoms with E-state index in [0.29, 0.717) is 28.1 Å². The van der Waals surface area contributed by atoms with Crippen LogP contribution in [0.3, 0.4) is 0 Å². The Bertz CT molecular complexity index is 994. The monoisotopic (exact) mass is 458 g/mol. The molecule has 1 atom stereocenters. The molecule has 144 valence electrons. The van der Waals surface area contributed by atoms with Gasteiger partial charge in [0.1, 0.15) is 15.6 Å². The standard InChI is InChI=1S/C20H19BrN4O2S/c1-2-27-18-12-22-10-15(24-18)19-23-11-17(28-19)20(26)25-8-4-7-16(25)13-5-3-6-14(21)9-13/h3,5-6,9-12,16H,2,4,7-8H2,1H3/t16-/m1/s1. The van der Waals surface area contributed by atoms with Gasteiger partial charge in [-0.2, -0.15) is 0 Å². The molecule has 1 amide bonds. The van der Waals surface area contributed by atoms with Gasteiger partial charge in [-0.1, -0.05) is 28.1 Å². The summed E-state index contributed by atoms with van der Waals surface area (Å²) in [4.78, 5) is 28.7. The summed E-state index contributed by atoms with van der Waals surface area (Å²) in [7, 11) is 0. The molecule has 3 aromatic rings. The number of likely N-dealkylation sites (tertiary alicyclic amines) is 1. The number of carbonyl (C=O) groups excluding carboxylic acids is 1. The Morgan fingerprint density at radius 1 is 1.36 bits per heavy atom. The van der Waals surface area contributed by atoms with Crippen LogP contribution in [0.2, 0.25) is 0 Å². The van der Waals surface area contributed by atoms with Gasteiger partial charge in [0.05, 0.1) is 31.2 Å². The van der Waals surface area contributed by atoms with Crippen LogP contribution >= 0.6 is 27.3 Å². The molecule has 1 aliphatic heterocycles. The van der Waals surface area contributed by atoms with Gasteiger partial charge in [-0.15, -0.1) is 11.3 Å². The Morgan fingerprint density at radius 2 is 2.25 bits per heavy atom. The molecule has 0 saturated carbocycles. The Morgan fingerprint density at radius 3 is 3.07 bits per heavy atom. The van der Waals surface area contributed by atoms with Crippen molar-refractivity contribution < 1.29 is 9.53 Å². The molecule has 3 heterocycles. The number of ether oxygens (including phenoxy) is 1. The number of aromatic nitrogens is 3. The van der Waals surface area contributed by atoms with E-state index < -0.39 is 0 Å². The van der Waals surface area contributed by atoms with E-state index in [9.17, 15) is 4.79 Å². The molecule has 8 heteroatoms. The highest BCUT2D eigenvalue weighted by atomic mass is 79.9. The fraction of sp³-hybridized carbons (Fsp3) is 0.300. The minimum Gasteiger partial charge on any atom is -0.477 e. The van der Waals surface area contributed by atoms with Crippen molar-refractivity contribution in [1.29, 1.82) is 0 Å². The van der Waals surface area contributed by atoms with Crippen LogP contribution in [0.1, 0.15) is 41.0 Å². The van der Waals surface area contributed by atoms with Crippen molar-refractivity contribution in [3.63, 3.8) is 0 Å². The summed E-state index contributed by atoms with van der Waals surface area (Å²) in [5, 5.41) is 0.663. The summed E-state index contributed by atoms with van der Waals surface area (Å²) in [5.74, 6) is 0.470. The second kappa shape index (κ2) is 8.36. The molecule has 28 heavy (non-hydrogen) atoms. The van der Waals surface area contributed by atoms with Crippen molar-refractivity contribution >= 4 is 33.2 Å². The van der Waals surface area contributed by atoms with Gasteiger partial charge < -0.3 is 9.64 Å². The molecule has 1 saturated heterocycles. The van der Waals surface area contributed by atoms with Gasteiger partial charge in [-0.3, -0.25) is 9.78 Å². The Kier molecular flexibility index (Phi) is 5.68. The lowest BCUT2D eigenvalue weighted by Crippen LogP contribution is -2.29. The summed E-state index contributed by atoms with van der Waals surface area (Å²) in [6.07, 6.45) is 6.80. The van der Waals surface area contributed by atoms with E-state index in [-0.39, 0.29) is 11.9 Å². The summed E-state index contributed by atoms with van der Waals surface area (Å²) in [6, 6.07) is 8.26. The van der Waals surface area contributed by atoms with Crippen LogP contribution in [0.15, 0.2) is 47.3 Å². The molecule has 1 fully saturated rings. The lowest BCUT2D eigenvalue weighted by atomic mass is 10.0. The predicted molar refractivity (Wildman–Crippen MR) is 111 cm³/mol. The van der Waals surface area contributed by atoms with Crippen LogP contribution in [-0.2, 0) is 0 Å². The van der Waals surface area contributed by atoms with Crippen LogP contribution in [0.25, 0.3) is 10.7 Å². The van der Waals surface area contributed by atoms with Crippen molar-refractivity contribution in [2.75, 3.05) is 13.2 Å². The molecule has 0 spiro atoms. The molecular weight excluding hydrogens is 440 g/mol. The molecule has 1 aliphatic rings. The first-order valence-electron chi connectivity index (χ1n) is 9.13. The third-order valence-electron chi connectivity index (χ3n) is 4.59. The number of nitrogens with zero attached hydrogens (tertiary/aromatic N) is 4. The largest absolute Gasteiger partial charge is 0.477 e. The number of hydrogen-bond donors (Lipinski definition) is 0. The fourth-order valence-electron chi connectivity index (χ4n) is 3.37. The first-order chi connectivity index (χ1) is 13.7. The smallest absolute Gasteiger partial charge is 0.266 e. The van der Waals surface area contributed by atoms with Gasteiger partial charge in [-0.05, 0) is 37.5 Å². The number of amides is 1. The Balaban J connectivity index is 1.56. The van der Waals surface area contributed by atoms with Gasteiger partial charge in [0.15, 0.2) is 0 Å². The third-order valence-corrected chi connectivity index (χ3v) is 6.09. The molecule has 0 radical (unpaired) electrons. The maximum atomic E-state index is 13.2. The maximum absolute atomic E-state index is 13.2. The highest BCUT2D eigenvalue weighted by Gasteiger charge is 2.31. The molecule has 2 aromatic heterocycles. The number of hydrogen-bond acceptors (Lipinski definition) is 6. The zero-order valence-electron chi connectivity index (χ0n) is 15.3. The lowest BCUT2D eigenvalue weighted by Gasteiger charge is -2.24. The normalized spacial score (nSPS) is 16.4. The van der Waals surface area contributed by atoms with Crippen LogP contribution in [0.4, 0.5) is 0 Å². The second-order valence-corrected chi connectivity index (χ2v) is 8.36. The highest BCUT2D eigenvalue weighted by molar-refractivity contribution is 9.10. The van der Waals surface area contributed by atoms with Crippen molar-refractivity contribution in [3.8, 4) is 16.6 Å². The molecular formula is C20H19BrN4O2S. The van der Waals surface area contributed by atoms with Crippen molar-refractivity contribution in [1.82, 2.24) is 19.9 Å². The third kappa shape index (κ3) is 3.93. The van der Waals surface area contributed by atoms with E-state index in [2.05, 4.69) is 43.0 Å². The predicted octanol–water partition coefficient (Wildman–Crippen LogP) is 4.74. The van der Waals surface area contributed by atoms with Crippen molar-refractivity contribution in [2.45, 2.75) is 25.8 Å². The highest BCUT2D eigenvalue weighted by Crippen LogP contribution is 2.35. The molecule has 0 unspecified atom stereocenters. The van der Waals surface area contributed by atoms with Gasteiger partial charge in [-0.25, -0.2) is 9.97 Å². The molecule has 6 nitrogen and oxygen atoms in total. The van der Waals surface area contributed by atoms with Crippen LogP contribution in [-0.4, -0.2) is 38.9 Å². The van der Waals surface area contributed by atoms with Gasteiger partial charge in [0, 0.05) is 11.0 Å². The number of halogens is 1. The minimum atomic E-state index is 0.0140. The average molecular weight is 459 g/mol. The van der Waals surface area contributed by atoms with Crippen molar-refractivity contribution in [2.24, 2.45) is 0 Å². The van der Waals surface area contributed by atoms with E-state index in [0.717, 1.165) is 29.4 Å². The van der Waals surface area contributed by atoms with E-state index in [1.807, 2.05) is 24.0 Å². The fourth-order valence-corrected chi connectivity index (χ4v) is 4.62. The summed E-state index contributed by atoms with van der Waals surface area (Å²) < 4.78 is 6.43. The maximum Gasteiger partial charge on any atom is 0.266 e. The van der Waals surface area contributed by atoms with Crippen LogP contribution in [0.5, 0.6) is 5.88 Å². The first-order valence-corrected chi connectivity index (χ1v) is 10.7. The summed E-state index contributed by atoms with van der Waals surface area (Å²) in [5.41, 5.74) is 1.76. The minimum absolute atomic E-state index is 0.0140. The SMILES string of the molecule is CCOc1cncc(-c2ncc(C(=O)N3CCC[C@@H]3c3cccc(Br)c3)s2)n1.